The van der Waals surface area contributed by atoms with E-state index < -0.39 is 0 Å². The van der Waals surface area contributed by atoms with Crippen molar-refractivity contribution < 1.29 is 25.8 Å². The van der Waals surface area contributed by atoms with Crippen LogP contribution in [0.2, 0.25) is 0 Å². The van der Waals surface area contributed by atoms with Crippen LogP contribution in [0.4, 0.5) is 0 Å². The van der Waals surface area contributed by atoms with Crippen molar-refractivity contribution in [2.45, 2.75) is 119 Å². The van der Waals surface area contributed by atoms with Gasteiger partial charge in [-0.1, -0.05) is 104 Å². The molecule has 6 heteroatoms. The summed E-state index contributed by atoms with van der Waals surface area (Å²) >= 11 is 0. The van der Waals surface area contributed by atoms with E-state index in [0.717, 1.165) is 53.6 Å². The van der Waals surface area contributed by atoms with Gasteiger partial charge in [-0.15, -0.1) is 41.3 Å². The number of fused-ring (bicyclic) bond motifs is 3. The molecule has 2 atom stereocenters. The Balaban J connectivity index is 0.00000497. The molecule has 1 unspecified atom stereocenters. The van der Waals surface area contributed by atoms with E-state index in [4.69, 9.17) is 14.8 Å². The molecule has 284 valence electrons. The van der Waals surface area contributed by atoms with Gasteiger partial charge in [-0.05, 0) is 90.6 Å². The van der Waals surface area contributed by atoms with Gasteiger partial charge in [0.2, 0.25) is 0 Å². The Kier molecular flexibility index (Phi) is 12.1. The van der Waals surface area contributed by atoms with Crippen LogP contribution in [0.5, 0.6) is 11.5 Å². The van der Waals surface area contributed by atoms with E-state index in [2.05, 4.69) is 144 Å². The van der Waals surface area contributed by atoms with Crippen LogP contribution in [0.25, 0.3) is 33.3 Å². The van der Waals surface area contributed by atoms with Crippen molar-refractivity contribution in [2.75, 3.05) is 0 Å². The summed E-state index contributed by atoms with van der Waals surface area (Å²) in [6, 6.07) is 28.8. The number of ether oxygens (including phenoxy) is 1. The van der Waals surface area contributed by atoms with Crippen LogP contribution >= 0.6 is 0 Å². The predicted octanol–water partition coefficient (Wildman–Crippen LogP) is 12.6. The molecule has 6 aromatic rings. The summed E-state index contributed by atoms with van der Waals surface area (Å²) in [5.74, 6) is 3.82. The summed E-state index contributed by atoms with van der Waals surface area (Å²) in [5.41, 5.74) is 10.9. The minimum atomic E-state index is -0.112. The fraction of sp³-hybridized carbons (Fsp3) is 0.417. The number of aromatic nitrogens is 4. The first-order valence-corrected chi connectivity index (χ1v) is 20.0. The van der Waals surface area contributed by atoms with E-state index in [1.165, 1.54) is 52.7 Å². The Bertz CT molecular complexity index is 2280. The zero-order valence-electron chi connectivity index (χ0n) is 33.6. The molecule has 1 aliphatic carbocycles. The molecule has 0 radical (unpaired) electrons. The Labute approximate surface area is 337 Å². The summed E-state index contributed by atoms with van der Waals surface area (Å²) in [7, 11) is 0. The van der Waals surface area contributed by atoms with Crippen molar-refractivity contribution in [3.8, 4) is 23.0 Å². The van der Waals surface area contributed by atoms with Gasteiger partial charge in [-0.2, -0.15) is 11.2 Å². The van der Waals surface area contributed by atoms with Gasteiger partial charge in [0.15, 0.2) is 0 Å². The molecule has 0 aliphatic heterocycles. The van der Waals surface area contributed by atoms with E-state index in [0.29, 0.717) is 29.3 Å². The number of allylic oxidation sites excluding steroid dienone is 2. The molecule has 54 heavy (non-hydrogen) atoms. The number of nitrogens with zero attached hydrogens (tertiary/aromatic N) is 4. The third-order valence-corrected chi connectivity index (χ3v) is 11.2. The third-order valence-electron chi connectivity index (χ3n) is 11.2. The van der Waals surface area contributed by atoms with E-state index in [1.807, 2.05) is 12.3 Å². The number of para-hydroxylation sites is 1. The van der Waals surface area contributed by atoms with Crippen LogP contribution in [0, 0.1) is 24.0 Å². The Morgan fingerprint density at radius 1 is 0.889 bits per heavy atom. The molecule has 5 nitrogen and oxygen atoms in total. The first-order valence-electron chi connectivity index (χ1n) is 20.0. The second-order valence-electron chi connectivity index (χ2n) is 16.3. The molecule has 3 aromatic heterocycles. The van der Waals surface area contributed by atoms with E-state index in [1.54, 1.807) is 5.57 Å². The van der Waals surface area contributed by atoms with Crippen LogP contribution in [0.15, 0.2) is 78.5 Å². The quantitative estimate of drug-likeness (QED) is 0.0961. The van der Waals surface area contributed by atoms with Gasteiger partial charge < -0.3 is 9.30 Å². The van der Waals surface area contributed by atoms with Crippen LogP contribution < -0.4 is 4.74 Å². The number of hydrogen-bond acceptors (Lipinski definition) is 3. The second kappa shape index (κ2) is 16.4. The van der Waals surface area contributed by atoms with Gasteiger partial charge in [-0.25, -0.2) is 4.98 Å². The first-order chi connectivity index (χ1) is 25.5. The number of pyridine rings is 1. The van der Waals surface area contributed by atoms with Crippen LogP contribution in [0.3, 0.4) is 0 Å². The zero-order valence-corrected chi connectivity index (χ0v) is 35.9. The van der Waals surface area contributed by atoms with Crippen molar-refractivity contribution in [3.05, 3.63) is 119 Å². The minimum Gasteiger partial charge on any atom is -0.509 e. The maximum absolute atomic E-state index is 6.77. The minimum absolute atomic E-state index is 0. The molecule has 7 rings (SSSR count). The van der Waals surface area contributed by atoms with E-state index in [-0.39, 0.29) is 26.5 Å². The van der Waals surface area contributed by atoms with Gasteiger partial charge in [0.1, 0.15) is 5.82 Å². The van der Waals surface area contributed by atoms with Gasteiger partial charge in [0.05, 0.1) is 5.69 Å². The Morgan fingerprint density at radius 2 is 1.69 bits per heavy atom. The molecule has 0 saturated heterocycles. The first kappa shape index (κ1) is 39.7. The summed E-state index contributed by atoms with van der Waals surface area (Å²) in [6.07, 6.45) is 11.9. The predicted molar refractivity (Wildman–Crippen MR) is 220 cm³/mol. The Hall–Kier alpha value is -3.95. The van der Waals surface area contributed by atoms with E-state index in [9.17, 15) is 0 Å². The molecule has 3 heterocycles. The van der Waals surface area contributed by atoms with Crippen LogP contribution in [0.1, 0.15) is 122 Å². The fourth-order valence-corrected chi connectivity index (χ4v) is 8.58. The normalized spacial score (nSPS) is 16.2. The molecular weight excluding hydrogens is 844 g/mol. The maximum atomic E-state index is 6.77. The van der Waals surface area contributed by atoms with Gasteiger partial charge in [-0.3, -0.25) is 4.68 Å². The molecule has 0 bridgehead atoms. The zero-order chi connectivity index (χ0) is 37.4. The molecule has 3 aromatic carbocycles. The Morgan fingerprint density at radius 3 is 2.39 bits per heavy atom. The van der Waals surface area contributed by atoms with Crippen molar-refractivity contribution in [2.24, 2.45) is 11.8 Å². The molecule has 0 spiro atoms. The topological polar surface area (TPSA) is 44.9 Å². The third kappa shape index (κ3) is 7.63. The largest absolute Gasteiger partial charge is 2.00 e. The summed E-state index contributed by atoms with van der Waals surface area (Å²) < 4.78 is 11.2. The van der Waals surface area contributed by atoms with E-state index >= 15 is 0 Å². The summed E-state index contributed by atoms with van der Waals surface area (Å²) in [6.45, 7) is 20.5. The molecule has 0 fully saturated rings. The number of rotatable bonds is 11. The SMILES string of the molecule is CCC1=CCC[C@H](CC)C1c1c(CC)nn(-c2[c-]c(Oc3[c-]c4c(cc3)c3ccccc3n4-c3cc(CC(C)C)ccn3)cc(C(C)(C)C)c2)c1CC.[Pt+2]. The smallest absolute Gasteiger partial charge is 0.509 e. The monoisotopic (exact) mass is 899 g/mol. The second-order valence-corrected chi connectivity index (χ2v) is 16.3. The van der Waals surface area contributed by atoms with Crippen molar-refractivity contribution in [1.82, 2.24) is 19.3 Å². The van der Waals surface area contributed by atoms with Gasteiger partial charge in [0.25, 0.3) is 0 Å². The number of benzene rings is 3. The van der Waals surface area contributed by atoms with Gasteiger partial charge in [0, 0.05) is 40.4 Å². The molecular formula is C48H56N4OPt. The summed E-state index contributed by atoms with van der Waals surface area (Å²) in [4.78, 5) is 4.86. The fourth-order valence-electron chi connectivity index (χ4n) is 8.58. The maximum Gasteiger partial charge on any atom is 2.00 e. The summed E-state index contributed by atoms with van der Waals surface area (Å²) in [5, 5.41) is 7.66. The molecule has 0 saturated carbocycles. The van der Waals surface area contributed by atoms with Crippen LogP contribution in [-0.2, 0) is 45.7 Å². The average molecular weight is 900 g/mol. The molecule has 1 aliphatic rings. The number of hydrogen-bond donors (Lipinski definition) is 0. The van der Waals surface area contributed by atoms with Gasteiger partial charge >= 0.3 is 21.1 Å². The van der Waals surface area contributed by atoms with Crippen molar-refractivity contribution >= 4 is 21.8 Å². The van der Waals surface area contributed by atoms with Crippen molar-refractivity contribution in [3.63, 3.8) is 0 Å². The van der Waals surface area contributed by atoms with Crippen LogP contribution in [-0.4, -0.2) is 19.3 Å². The van der Waals surface area contributed by atoms with Crippen molar-refractivity contribution in [1.29, 1.82) is 0 Å². The average Bonchev–Trinajstić information content (AvgIpc) is 3.69. The molecule has 0 N–H and O–H groups in total. The number of aryl methyl sites for hydroxylation is 1. The molecule has 0 amide bonds. The standard InChI is InChI=1S/C48H56N4O.Pt/c1-10-33-17-16-18-34(11-2)46(33)47-41(12-3)50-52(42(47)13-4)36-27-35(48(7,8)9)28-38(29-36)53-37-21-22-40-39-19-14-15-20-43(39)51(44(40)30-37)45-26-32(23-24-49-45)25-31(5)6;/h14-15,17,19-24,26-28,31,34,46H,10-13,16,18,25H2,1-9H3;/q-2;+2/t34-,46?;/m0./s1.